The monoisotopic (exact) mass is 417 g/mol. The molecule has 0 radical (unpaired) electrons. The Bertz CT molecular complexity index is 1110. The minimum absolute atomic E-state index is 0.421. The summed E-state index contributed by atoms with van der Waals surface area (Å²) in [5.74, 6) is 1.35. The number of hydrogen-bond acceptors (Lipinski definition) is 4. The van der Waals surface area contributed by atoms with E-state index in [4.69, 9.17) is 9.47 Å². The maximum Gasteiger partial charge on any atom is 0.412 e. The highest BCUT2D eigenvalue weighted by Gasteiger charge is 2.30. The van der Waals surface area contributed by atoms with Crippen LogP contribution in [0, 0.1) is 0 Å². The summed E-state index contributed by atoms with van der Waals surface area (Å²) in [5, 5.41) is 7.08. The molecule has 0 spiro atoms. The van der Waals surface area contributed by atoms with Gasteiger partial charge in [0.05, 0.1) is 0 Å². The van der Waals surface area contributed by atoms with Crippen LogP contribution in [0.4, 0.5) is 4.79 Å². The summed E-state index contributed by atoms with van der Waals surface area (Å²) in [4.78, 5) is 13.3. The fourth-order valence-corrected chi connectivity index (χ4v) is 4.22. The Balaban J connectivity index is 1.48. The Kier molecular flexibility index (Phi) is 6.00. The van der Waals surface area contributed by atoms with Gasteiger partial charge in [0.15, 0.2) is 0 Å². The van der Waals surface area contributed by atoms with E-state index in [-0.39, 0.29) is 0 Å². The van der Waals surface area contributed by atoms with Crippen LogP contribution in [0.15, 0.2) is 90.3 Å². The second kappa shape index (κ2) is 9.01. The molecular formula is C25H23NO3S. The average molecular weight is 418 g/mol. The van der Waals surface area contributed by atoms with Gasteiger partial charge in [0.1, 0.15) is 17.1 Å². The molecule has 1 heterocycles. The van der Waals surface area contributed by atoms with Crippen molar-refractivity contribution in [2.75, 3.05) is 6.54 Å². The van der Waals surface area contributed by atoms with E-state index in [1.165, 1.54) is 0 Å². The quantitative estimate of drug-likeness (QED) is 0.380. The number of ether oxygens (including phenoxy) is 2. The van der Waals surface area contributed by atoms with Gasteiger partial charge in [-0.15, -0.1) is 11.3 Å². The van der Waals surface area contributed by atoms with Gasteiger partial charge < -0.3 is 14.8 Å². The molecule has 0 fully saturated rings. The maximum atomic E-state index is 12.1. The number of amides is 1. The smallest absolute Gasteiger partial charge is 0.412 e. The largest absolute Gasteiger partial charge is 0.481 e. The molecular weight excluding hydrogens is 394 g/mol. The number of nitrogens with one attached hydrogen (secondary N) is 1. The molecule has 30 heavy (non-hydrogen) atoms. The Morgan fingerprint density at radius 2 is 1.70 bits per heavy atom. The third kappa shape index (κ3) is 4.63. The third-order valence-electron chi connectivity index (χ3n) is 4.95. The van der Waals surface area contributed by atoms with Crippen molar-refractivity contribution in [1.82, 2.24) is 5.32 Å². The lowest BCUT2D eigenvalue weighted by Crippen LogP contribution is -2.36. The molecule has 0 bridgehead atoms. The van der Waals surface area contributed by atoms with Crippen LogP contribution >= 0.6 is 11.3 Å². The Labute approximate surface area is 180 Å². The first-order valence-corrected chi connectivity index (χ1v) is 10.7. The van der Waals surface area contributed by atoms with Crippen LogP contribution in [0.2, 0.25) is 0 Å². The lowest BCUT2D eigenvalue weighted by molar-refractivity contribution is 0.0828. The Hall–Kier alpha value is -3.31. The molecule has 152 valence electrons. The molecule has 0 saturated heterocycles. The van der Waals surface area contributed by atoms with Crippen molar-refractivity contribution >= 4 is 28.2 Å². The highest BCUT2D eigenvalue weighted by molar-refractivity contribution is 7.10. The maximum absolute atomic E-state index is 12.1. The zero-order chi connectivity index (χ0) is 20.8. The first-order valence-electron chi connectivity index (χ1n) is 9.85. The van der Waals surface area contributed by atoms with E-state index < -0.39 is 11.7 Å². The number of carbonyl (C=O) groups is 1. The zero-order valence-corrected chi connectivity index (χ0v) is 17.5. The number of rotatable bonds is 7. The van der Waals surface area contributed by atoms with Crippen molar-refractivity contribution in [3.8, 4) is 11.5 Å². The van der Waals surface area contributed by atoms with E-state index in [1.807, 2.05) is 53.9 Å². The van der Waals surface area contributed by atoms with Crippen molar-refractivity contribution in [3.63, 3.8) is 0 Å². The molecule has 1 aromatic heterocycles. The third-order valence-corrected chi connectivity index (χ3v) is 6.07. The molecule has 0 aliphatic heterocycles. The molecule has 0 aliphatic rings. The van der Waals surface area contributed by atoms with Gasteiger partial charge in [0.25, 0.3) is 0 Å². The molecule has 4 aromatic rings. The lowest BCUT2D eigenvalue weighted by Gasteiger charge is -2.30. The highest BCUT2D eigenvalue weighted by atomic mass is 32.1. The lowest BCUT2D eigenvalue weighted by atomic mass is 9.99. The summed E-state index contributed by atoms with van der Waals surface area (Å²) < 4.78 is 11.9. The highest BCUT2D eigenvalue weighted by Crippen LogP contribution is 2.36. The van der Waals surface area contributed by atoms with Crippen LogP contribution < -0.4 is 14.8 Å². The number of fused-ring (bicyclic) bond motifs is 1. The molecule has 1 amide bonds. The van der Waals surface area contributed by atoms with Crippen molar-refractivity contribution < 1.29 is 14.3 Å². The number of benzene rings is 3. The summed E-state index contributed by atoms with van der Waals surface area (Å²) in [6.07, 6.45) is 0.126. The Morgan fingerprint density at radius 1 is 0.933 bits per heavy atom. The van der Waals surface area contributed by atoms with Gasteiger partial charge in [-0.2, -0.15) is 0 Å². The number of carbonyl (C=O) groups excluding carboxylic acids is 1. The topological polar surface area (TPSA) is 47.6 Å². The molecule has 5 heteroatoms. The second-order valence-corrected chi connectivity index (χ2v) is 8.11. The van der Waals surface area contributed by atoms with E-state index in [0.717, 1.165) is 21.4 Å². The van der Waals surface area contributed by atoms with Gasteiger partial charge in [-0.1, -0.05) is 60.7 Å². The van der Waals surface area contributed by atoms with Crippen LogP contribution in [0.3, 0.4) is 0 Å². The van der Waals surface area contributed by atoms with Crippen molar-refractivity contribution in [1.29, 1.82) is 0 Å². The van der Waals surface area contributed by atoms with Crippen LogP contribution in [0.25, 0.3) is 10.8 Å². The predicted octanol–water partition coefficient (Wildman–Crippen LogP) is 6.37. The Morgan fingerprint density at radius 3 is 2.50 bits per heavy atom. The van der Waals surface area contributed by atoms with Gasteiger partial charge in [0.2, 0.25) is 0 Å². The fraction of sp³-hybridized carbons (Fsp3) is 0.160. The molecule has 1 N–H and O–H groups in total. The molecule has 0 saturated carbocycles. The SMILES string of the molecule is CC(CCNC(=O)Oc1ccccc1)(Oc1cccc2ccccc12)c1cccs1. The second-order valence-electron chi connectivity index (χ2n) is 7.17. The fourth-order valence-electron chi connectivity index (χ4n) is 3.37. The molecule has 3 aromatic carbocycles. The van der Waals surface area contributed by atoms with E-state index in [0.29, 0.717) is 18.7 Å². The van der Waals surface area contributed by atoms with Gasteiger partial charge in [-0.25, -0.2) is 4.79 Å². The molecule has 1 unspecified atom stereocenters. The standard InChI is InChI=1S/C25H23NO3S/c1-25(23-15-8-18-30-23,16-17-26-24(27)28-20-11-3-2-4-12-20)29-22-14-7-10-19-9-5-6-13-21(19)22/h2-15,18H,16-17H2,1H3,(H,26,27). The van der Waals surface area contributed by atoms with Gasteiger partial charge in [-0.3, -0.25) is 0 Å². The van der Waals surface area contributed by atoms with Crippen molar-refractivity contribution in [3.05, 3.63) is 95.2 Å². The minimum Gasteiger partial charge on any atom is -0.481 e. The molecule has 1 atom stereocenters. The first kappa shape index (κ1) is 20.0. The van der Waals surface area contributed by atoms with Crippen molar-refractivity contribution in [2.24, 2.45) is 0 Å². The number of thiophene rings is 1. The van der Waals surface area contributed by atoms with Crippen LogP contribution in [0.5, 0.6) is 11.5 Å². The number of hydrogen-bond donors (Lipinski definition) is 1. The normalized spacial score (nSPS) is 12.8. The molecule has 4 nitrogen and oxygen atoms in total. The van der Waals surface area contributed by atoms with Crippen molar-refractivity contribution in [2.45, 2.75) is 18.9 Å². The summed E-state index contributed by atoms with van der Waals surface area (Å²) in [7, 11) is 0. The summed E-state index contributed by atoms with van der Waals surface area (Å²) >= 11 is 1.65. The van der Waals surface area contributed by atoms with Crippen LogP contribution in [-0.2, 0) is 5.60 Å². The van der Waals surface area contributed by atoms with Gasteiger partial charge >= 0.3 is 6.09 Å². The van der Waals surface area contributed by atoms with Gasteiger partial charge in [0, 0.05) is 23.2 Å². The zero-order valence-electron chi connectivity index (χ0n) is 16.7. The predicted molar refractivity (Wildman–Crippen MR) is 121 cm³/mol. The number of para-hydroxylation sites is 1. The summed E-state index contributed by atoms with van der Waals surface area (Å²) in [6.45, 7) is 2.48. The van der Waals surface area contributed by atoms with E-state index in [9.17, 15) is 4.79 Å². The first-order chi connectivity index (χ1) is 14.6. The molecule has 4 rings (SSSR count). The van der Waals surface area contributed by atoms with E-state index in [1.54, 1.807) is 23.5 Å². The van der Waals surface area contributed by atoms with Gasteiger partial charge in [-0.05, 0) is 42.0 Å². The van der Waals surface area contributed by atoms with Crippen LogP contribution in [0.1, 0.15) is 18.2 Å². The van der Waals surface area contributed by atoms with E-state index in [2.05, 4.69) is 36.5 Å². The average Bonchev–Trinajstić information content (AvgIpc) is 3.31. The van der Waals surface area contributed by atoms with Crippen LogP contribution in [-0.4, -0.2) is 12.6 Å². The summed E-state index contributed by atoms with van der Waals surface area (Å²) in [5.41, 5.74) is -0.585. The summed E-state index contributed by atoms with van der Waals surface area (Å²) in [6, 6.07) is 27.4. The molecule has 0 aliphatic carbocycles. The van der Waals surface area contributed by atoms with E-state index >= 15 is 0 Å². The minimum atomic E-state index is -0.585.